The minimum atomic E-state index is -0.0330. The first-order valence-corrected chi connectivity index (χ1v) is 7.64. The number of halogens is 2. The molecule has 1 nitrogen and oxygen atoms in total. The van der Waals surface area contributed by atoms with Gasteiger partial charge in [-0.25, -0.2) is 0 Å². The second-order valence-corrected chi connectivity index (χ2v) is 6.35. The minimum Gasteiger partial charge on any atom is -0.396 e. The Morgan fingerprint density at radius 1 is 1.55 bits per heavy atom. The molecule has 0 radical (unpaired) electrons. The Labute approximate surface area is 90.4 Å². The maximum Gasteiger partial charge on any atom is 0.117 e. The third-order valence-corrected chi connectivity index (χ3v) is 4.87. The van der Waals surface area contributed by atoms with Gasteiger partial charge in [-0.1, -0.05) is 22.6 Å². The molecule has 68 valence electrons. The molecular weight excluding hydrogens is 294 g/mol. The lowest BCUT2D eigenvalue weighted by atomic mass is 9.98. The second-order valence-electron chi connectivity index (χ2n) is 3.06. The Bertz CT molecular complexity index is 98.3. The van der Waals surface area contributed by atoms with Crippen molar-refractivity contribution in [3.8, 4) is 0 Å². The van der Waals surface area contributed by atoms with Crippen LogP contribution >= 0.6 is 34.2 Å². The zero-order chi connectivity index (χ0) is 8.91. The molecular formula is C7H15ClIOS+. The molecule has 0 spiro atoms. The summed E-state index contributed by atoms with van der Waals surface area (Å²) in [5, 5.41) is 9.14. The van der Waals surface area contributed by atoms with Gasteiger partial charge in [0.2, 0.25) is 0 Å². The van der Waals surface area contributed by atoms with Crippen molar-refractivity contribution >= 4 is 45.1 Å². The normalized spacial score (nSPS) is 16.9. The fourth-order valence-electron chi connectivity index (χ4n) is 0.855. The zero-order valence-corrected chi connectivity index (χ0v) is 10.7. The van der Waals surface area contributed by atoms with Gasteiger partial charge >= 0.3 is 0 Å². The highest BCUT2D eigenvalue weighted by Gasteiger charge is 2.32. The fourth-order valence-corrected chi connectivity index (χ4v) is 4.23. The zero-order valence-electron chi connectivity index (χ0n) is 6.94. The van der Waals surface area contributed by atoms with Gasteiger partial charge in [0.05, 0.1) is 24.5 Å². The third-order valence-electron chi connectivity index (χ3n) is 1.50. The van der Waals surface area contributed by atoms with Gasteiger partial charge in [0, 0.05) is 10.3 Å². The maximum atomic E-state index is 9.14. The SMILES string of the molecule is C[S+](C)CC(CO)(CCl)CI. The summed E-state index contributed by atoms with van der Waals surface area (Å²) in [7, 11) is 0.366. The molecule has 0 heterocycles. The van der Waals surface area contributed by atoms with E-state index in [9.17, 15) is 0 Å². The number of rotatable bonds is 5. The van der Waals surface area contributed by atoms with Gasteiger partial charge in [-0.15, -0.1) is 11.6 Å². The molecule has 0 rings (SSSR count). The van der Waals surface area contributed by atoms with E-state index in [4.69, 9.17) is 16.7 Å². The molecule has 0 aliphatic carbocycles. The highest BCUT2D eigenvalue weighted by Crippen LogP contribution is 2.23. The Balaban J connectivity index is 4.05. The van der Waals surface area contributed by atoms with E-state index in [1.165, 1.54) is 0 Å². The summed E-state index contributed by atoms with van der Waals surface area (Å²) in [5.41, 5.74) is -0.0330. The second kappa shape index (κ2) is 5.89. The van der Waals surface area contributed by atoms with E-state index in [2.05, 4.69) is 35.1 Å². The van der Waals surface area contributed by atoms with E-state index in [0.29, 0.717) is 16.8 Å². The summed E-state index contributed by atoms with van der Waals surface area (Å²) in [6.45, 7) is 0.213. The van der Waals surface area contributed by atoms with Crippen LogP contribution in [0.4, 0.5) is 0 Å². The Hall–Kier alpha value is 1.33. The van der Waals surface area contributed by atoms with Crippen LogP contribution in [0.3, 0.4) is 0 Å². The van der Waals surface area contributed by atoms with Gasteiger partial charge in [0.25, 0.3) is 0 Å². The molecule has 0 saturated carbocycles. The first kappa shape index (κ1) is 12.3. The van der Waals surface area contributed by atoms with E-state index >= 15 is 0 Å². The summed E-state index contributed by atoms with van der Waals surface area (Å²) < 4.78 is 0.940. The summed E-state index contributed by atoms with van der Waals surface area (Å²) in [5.74, 6) is 1.60. The molecule has 0 aromatic rings. The van der Waals surface area contributed by atoms with Crippen molar-refractivity contribution < 1.29 is 5.11 Å². The van der Waals surface area contributed by atoms with Crippen molar-refractivity contribution in [2.45, 2.75) is 0 Å². The van der Waals surface area contributed by atoms with Crippen molar-refractivity contribution in [3.63, 3.8) is 0 Å². The quantitative estimate of drug-likeness (QED) is 0.464. The van der Waals surface area contributed by atoms with Gasteiger partial charge in [0.15, 0.2) is 0 Å². The molecule has 0 amide bonds. The Kier molecular flexibility index (Phi) is 6.60. The van der Waals surface area contributed by atoms with Crippen LogP contribution in [-0.2, 0) is 10.9 Å². The van der Waals surface area contributed by atoms with Crippen molar-refractivity contribution in [1.29, 1.82) is 0 Å². The standard InChI is InChI=1S/C7H15ClIOS/c1-11(2)6-7(3-8,4-9)5-10/h10H,3-6H2,1-2H3/q+1. The van der Waals surface area contributed by atoms with Crippen LogP contribution in [0.1, 0.15) is 0 Å². The van der Waals surface area contributed by atoms with Crippen molar-refractivity contribution in [2.24, 2.45) is 5.41 Å². The molecule has 0 saturated heterocycles. The topological polar surface area (TPSA) is 20.2 Å². The van der Waals surface area contributed by atoms with Crippen LogP contribution in [0.25, 0.3) is 0 Å². The van der Waals surface area contributed by atoms with Gasteiger partial charge in [-0.3, -0.25) is 0 Å². The van der Waals surface area contributed by atoms with E-state index in [0.717, 1.165) is 10.2 Å². The van der Waals surface area contributed by atoms with Gasteiger partial charge in [0.1, 0.15) is 5.75 Å². The maximum absolute atomic E-state index is 9.14. The molecule has 0 aromatic carbocycles. The molecule has 0 aliphatic heterocycles. The lowest BCUT2D eigenvalue weighted by Crippen LogP contribution is -2.36. The Morgan fingerprint density at radius 3 is 2.18 bits per heavy atom. The van der Waals surface area contributed by atoms with Crippen LogP contribution in [-0.4, -0.2) is 40.3 Å². The number of aliphatic hydroxyl groups excluding tert-OH is 1. The molecule has 0 bridgehead atoms. The summed E-state index contributed by atoms with van der Waals surface area (Å²) in [6.07, 6.45) is 4.37. The van der Waals surface area contributed by atoms with Gasteiger partial charge in [-0.2, -0.15) is 0 Å². The Morgan fingerprint density at radius 2 is 2.09 bits per heavy atom. The molecule has 0 fully saturated rings. The minimum absolute atomic E-state index is 0.0330. The number of aliphatic hydroxyl groups is 1. The molecule has 1 unspecified atom stereocenters. The van der Waals surface area contributed by atoms with E-state index < -0.39 is 0 Å². The third kappa shape index (κ3) is 4.20. The molecule has 0 aromatic heterocycles. The number of hydrogen-bond acceptors (Lipinski definition) is 1. The highest BCUT2D eigenvalue weighted by atomic mass is 127. The molecule has 1 N–H and O–H groups in total. The van der Waals surface area contributed by atoms with Crippen molar-refractivity contribution in [2.75, 3.05) is 35.2 Å². The first-order chi connectivity index (χ1) is 5.10. The lowest BCUT2D eigenvalue weighted by Gasteiger charge is -2.24. The molecule has 4 heteroatoms. The summed E-state index contributed by atoms with van der Waals surface area (Å²) in [6, 6.07) is 0. The lowest BCUT2D eigenvalue weighted by molar-refractivity contribution is 0.189. The van der Waals surface area contributed by atoms with E-state index in [1.807, 2.05) is 0 Å². The largest absolute Gasteiger partial charge is 0.396 e. The fraction of sp³-hybridized carbons (Fsp3) is 1.00. The highest BCUT2D eigenvalue weighted by molar-refractivity contribution is 14.1. The van der Waals surface area contributed by atoms with E-state index in [1.54, 1.807) is 0 Å². The van der Waals surface area contributed by atoms with Crippen LogP contribution in [0.2, 0.25) is 0 Å². The predicted octanol–water partition coefficient (Wildman–Crippen LogP) is 1.52. The van der Waals surface area contributed by atoms with Crippen LogP contribution in [0.5, 0.6) is 0 Å². The first-order valence-electron chi connectivity index (χ1n) is 3.37. The van der Waals surface area contributed by atoms with Gasteiger partial charge in [-0.05, 0) is 10.9 Å². The smallest absolute Gasteiger partial charge is 0.117 e. The predicted molar refractivity (Wildman–Crippen MR) is 63.2 cm³/mol. The average Bonchev–Trinajstić information content (AvgIpc) is 2.00. The van der Waals surface area contributed by atoms with Crippen molar-refractivity contribution in [3.05, 3.63) is 0 Å². The van der Waals surface area contributed by atoms with Crippen LogP contribution in [0, 0.1) is 5.41 Å². The number of hydrogen-bond donors (Lipinski definition) is 1. The summed E-state index contributed by atoms with van der Waals surface area (Å²) in [4.78, 5) is 0. The number of alkyl halides is 2. The molecule has 11 heavy (non-hydrogen) atoms. The van der Waals surface area contributed by atoms with Crippen LogP contribution in [0.15, 0.2) is 0 Å². The average molecular weight is 310 g/mol. The van der Waals surface area contributed by atoms with Crippen LogP contribution < -0.4 is 0 Å². The van der Waals surface area contributed by atoms with E-state index in [-0.39, 0.29) is 12.0 Å². The summed E-state index contributed by atoms with van der Waals surface area (Å²) >= 11 is 8.10. The van der Waals surface area contributed by atoms with Gasteiger partial charge < -0.3 is 5.11 Å². The van der Waals surface area contributed by atoms with Crippen molar-refractivity contribution in [1.82, 2.24) is 0 Å². The monoisotopic (exact) mass is 309 g/mol. The molecule has 0 aliphatic rings. The molecule has 1 atom stereocenters.